The third-order valence-corrected chi connectivity index (χ3v) is 23.0. The molecule has 0 nitrogen and oxygen atoms in total. The number of hydrogen-bond donors (Lipinski definition) is 0. The van der Waals surface area contributed by atoms with Gasteiger partial charge in [-0.3, -0.25) is 0 Å². The van der Waals surface area contributed by atoms with Gasteiger partial charge < -0.3 is 0 Å². The van der Waals surface area contributed by atoms with Crippen molar-refractivity contribution in [3.05, 3.63) is 41.0 Å². The molecule has 0 fully saturated rings. The molecule has 138 valence electrons. The van der Waals surface area contributed by atoms with Gasteiger partial charge in [-0.1, -0.05) is 0 Å². The van der Waals surface area contributed by atoms with Crippen LogP contribution in [-0.2, 0) is 17.4 Å². The van der Waals surface area contributed by atoms with Crippen LogP contribution in [0.25, 0.3) is 0 Å². The second kappa shape index (κ2) is 9.03. The Morgan fingerprint density at radius 2 is 1.08 bits per heavy atom. The van der Waals surface area contributed by atoms with Gasteiger partial charge in [-0.05, 0) is 0 Å². The summed E-state index contributed by atoms with van der Waals surface area (Å²) in [6.45, 7) is 11.8. The van der Waals surface area contributed by atoms with Crippen LogP contribution in [0.2, 0.25) is 9.26 Å². The minimum Gasteiger partial charge on any atom is -0.147 e. The van der Waals surface area contributed by atoms with Crippen LogP contribution in [0.4, 0.5) is 0 Å². The Balaban J connectivity index is 0.00000264. The van der Waals surface area contributed by atoms with E-state index in [4.69, 9.17) is 0 Å². The maximum Gasteiger partial charge on any atom is -0.147 e. The Morgan fingerprint density at radius 1 is 0.750 bits per heavy atom. The van der Waals surface area contributed by atoms with Gasteiger partial charge in [0.05, 0.1) is 0 Å². The second-order valence-electron chi connectivity index (χ2n) is 8.07. The van der Waals surface area contributed by atoms with Crippen LogP contribution in [-0.4, -0.2) is 6.88 Å². The van der Waals surface area contributed by atoms with Gasteiger partial charge in [0.2, 0.25) is 0 Å². The van der Waals surface area contributed by atoms with E-state index in [1.807, 2.05) is 6.56 Å². The predicted octanol–water partition coefficient (Wildman–Crippen LogP) is 6.97. The fraction of sp³-hybridized carbons (Fsp3) is 0.600. The second-order valence-corrected chi connectivity index (χ2v) is 36.8. The average molecular weight is 467 g/mol. The molecule has 0 heterocycles. The van der Waals surface area contributed by atoms with E-state index in [0.29, 0.717) is 0 Å². The maximum atomic E-state index is 2.70. The third kappa shape index (κ3) is 4.48. The van der Waals surface area contributed by atoms with Crippen molar-refractivity contribution >= 4 is 31.7 Å². The van der Waals surface area contributed by atoms with Crippen molar-refractivity contribution in [2.24, 2.45) is 0 Å². The topological polar surface area (TPSA) is 0 Å². The van der Waals surface area contributed by atoms with Gasteiger partial charge in [0, 0.05) is 0 Å². The maximum absolute atomic E-state index is 2.97. The first-order chi connectivity index (χ1) is 10.3. The zero-order valence-electron chi connectivity index (χ0n) is 16.4. The SMILES string of the molecule is CCC1=CC(CC)=[C]([Zr]([CH3])([CH3])(=[SiH2])[C]2=C(CC)C=C(CC)C2)C1.Cl.Cl. The Kier molecular flexibility index (Phi) is 9.27. The normalized spacial score (nSPS) is 18.3. The molecule has 0 aromatic carbocycles. The van der Waals surface area contributed by atoms with Crippen LogP contribution in [0.3, 0.4) is 0 Å². The Bertz CT molecular complexity index is 620. The molecule has 4 heteroatoms. The fourth-order valence-corrected chi connectivity index (χ4v) is 19.6. The van der Waals surface area contributed by atoms with E-state index in [1.54, 1.807) is 22.3 Å². The summed E-state index contributed by atoms with van der Waals surface area (Å²) >= 11 is -2.97. The molecule has 0 saturated carbocycles. The molecule has 24 heavy (non-hydrogen) atoms. The van der Waals surface area contributed by atoms with Crippen LogP contribution >= 0.6 is 24.8 Å². The monoisotopic (exact) mass is 464 g/mol. The molecule has 0 saturated heterocycles. The van der Waals surface area contributed by atoms with Crippen molar-refractivity contribution in [2.75, 3.05) is 0 Å². The molecule has 2 aliphatic carbocycles. The minimum absolute atomic E-state index is 0. The Labute approximate surface area is 164 Å². The van der Waals surface area contributed by atoms with Crippen LogP contribution in [0.15, 0.2) is 41.0 Å². The van der Waals surface area contributed by atoms with Gasteiger partial charge in [0.25, 0.3) is 0 Å². The zero-order valence-corrected chi connectivity index (χ0v) is 21.9. The molecule has 0 aliphatic heterocycles. The van der Waals surface area contributed by atoms with Gasteiger partial charge in [-0.15, -0.1) is 24.8 Å². The fourth-order valence-electron chi connectivity index (χ4n) is 4.31. The quantitative estimate of drug-likeness (QED) is 0.371. The van der Waals surface area contributed by atoms with E-state index in [1.165, 1.54) is 38.5 Å². The summed E-state index contributed by atoms with van der Waals surface area (Å²) in [5, 5.41) is 0. The van der Waals surface area contributed by atoms with Crippen molar-refractivity contribution in [1.29, 1.82) is 0 Å². The predicted molar refractivity (Wildman–Crippen MR) is 115 cm³/mol. The first-order valence-corrected chi connectivity index (χ1v) is 22.5. The van der Waals surface area contributed by atoms with Crippen molar-refractivity contribution < 1.29 is 17.4 Å². The number of allylic oxidation sites excluding steroid dienone is 8. The van der Waals surface area contributed by atoms with E-state index >= 15 is 0 Å². The molecule has 0 aromatic heterocycles. The molecule has 2 rings (SSSR count). The molecular weight excluding hydrogens is 430 g/mol. The van der Waals surface area contributed by atoms with Crippen LogP contribution in [0.5, 0.6) is 0 Å². The van der Waals surface area contributed by atoms with Crippen LogP contribution < -0.4 is 0 Å². The molecule has 0 spiro atoms. The minimum atomic E-state index is -2.97. The van der Waals surface area contributed by atoms with Gasteiger partial charge in [-0.2, -0.15) is 0 Å². The van der Waals surface area contributed by atoms with Crippen LogP contribution in [0, 0.1) is 0 Å². The average Bonchev–Trinajstić information content (AvgIpc) is 3.11. The van der Waals surface area contributed by atoms with Gasteiger partial charge in [0.1, 0.15) is 0 Å². The molecule has 0 unspecified atom stereocenters. The largest absolute Gasteiger partial charge is 0.147 e. The summed E-state index contributed by atoms with van der Waals surface area (Å²) in [5.74, 6) is 0. The number of hydrogen-bond acceptors (Lipinski definition) is 0. The summed E-state index contributed by atoms with van der Waals surface area (Å²) in [6, 6.07) is 0. The Hall–Kier alpha value is 0.640. The van der Waals surface area contributed by atoms with Crippen molar-refractivity contribution in [1.82, 2.24) is 0 Å². The van der Waals surface area contributed by atoms with Gasteiger partial charge in [0.15, 0.2) is 0 Å². The standard InChI is InChI=1S/2C9H13.2CH3.2ClH.H2Si.Zr/c2*1-3-8-5-6-9(4-2)7-8;;;;;;/h2*7H,3-5H2,1-2H3;2*1H3;2*1H;1H2;. The Morgan fingerprint density at radius 3 is 1.33 bits per heavy atom. The van der Waals surface area contributed by atoms with E-state index in [0.717, 1.165) is 0 Å². The van der Waals surface area contributed by atoms with Gasteiger partial charge in [-0.25, -0.2) is 0 Å². The summed E-state index contributed by atoms with van der Waals surface area (Å²) in [6.07, 6.45) is 12.5. The molecular formula is C20H36Cl2SiZr. The van der Waals surface area contributed by atoms with Crippen molar-refractivity contribution in [2.45, 2.75) is 75.5 Å². The first kappa shape index (κ1) is 24.6. The summed E-state index contributed by atoms with van der Waals surface area (Å²) < 4.78 is 9.19. The molecule has 0 amide bonds. The summed E-state index contributed by atoms with van der Waals surface area (Å²) in [5.41, 5.74) is 6.72. The van der Waals surface area contributed by atoms with E-state index in [9.17, 15) is 0 Å². The molecule has 0 radical (unpaired) electrons. The van der Waals surface area contributed by atoms with E-state index in [2.05, 4.69) is 56.0 Å². The molecule has 0 atom stereocenters. The van der Waals surface area contributed by atoms with E-state index < -0.39 is 17.4 Å². The van der Waals surface area contributed by atoms with Crippen LogP contribution in [0.1, 0.15) is 66.2 Å². The number of rotatable bonds is 6. The molecule has 0 bridgehead atoms. The number of halogens is 2. The van der Waals surface area contributed by atoms with Gasteiger partial charge >= 0.3 is 141 Å². The zero-order chi connectivity index (χ0) is 16.6. The summed E-state index contributed by atoms with van der Waals surface area (Å²) in [7, 11) is 0. The first-order valence-electron chi connectivity index (χ1n) is 9.17. The van der Waals surface area contributed by atoms with Crippen molar-refractivity contribution in [3.63, 3.8) is 0 Å². The third-order valence-electron chi connectivity index (χ3n) is 5.95. The molecule has 2 aliphatic rings. The smallest absolute Gasteiger partial charge is 0.147 e. The van der Waals surface area contributed by atoms with E-state index in [-0.39, 0.29) is 24.8 Å². The summed E-state index contributed by atoms with van der Waals surface area (Å²) in [4.78, 5) is 0. The molecule has 0 N–H and O–H groups in total. The van der Waals surface area contributed by atoms with Crippen molar-refractivity contribution in [3.8, 4) is 0 Å². The molecule has 0 aromatic rings.